The molecule has 0 atom stereocenters. The van der Waals surface area contributed by atoms with E-state index in [-0.39, 0.29) is 16.9 Å². The number of amides is 1. The second-order valence-corrected chi connectivity index (χ2v) is 11.8. The Balaban J connectivity index is 1.80. The average Bonchev–Trinajstić information content (AvgIpc) is 3.33. The molecule has 39 heavy (non-hydrogen) atoms. The van der Waals surface area contributed by atoms with Crippen LogP contribution in [0.3, 0.4) is 0 Å². The Morgan fingerprint density at radius 2 is 1.74 bits per heavy atom. The predicted octanol–water partition coefficient (Wildman–Crippen LogP) is 5.03. The summed E-state index contributed by atoms with van der Waals surface area (Å²) in [6.45, 7) is 7.23. The van der Waals surface area contributed by atoms with Crippen molar-refractivity contribution in [3.63, 3.8) is 0 Å². The van der Waals surface area contributed by atoms with Gasteiger partial charge in [-0.05, 0) is 62.6 Å². The van der Waals surface area contributed by atoms with Crippen molar-refractivity contribution < 1.29 is 17.6 Å². The van der Waals surface area contributed by atoms with Crippen LogP contribution in [0.5, 0.6) is 0 Å². The van der Waals surface area contributed by atoms with Gasteiger partial charge in [0.05, 0.1) is 17.1 Å². The standard InChI is InChI=1S/C29H32FN5O3S/c1-5-21-17-25(35(33-21)22-13-9-10-19(16-22)18-31)28(36)32-24-15-14-23(20-11-7-6-8-12-20)27(26(24)30)39(37,38)34-29(2,3)4/h6-17,34H,5,18,31H2,1-4H3,(H,32,36). The van der Waals surface area contributed by atoms with Gasteiger partial charge in [-0.15, -0.1) is 0 Å². The lowest BCUT2D eigenvalue weighted by Crippen LogP contribution is -2.41. The number of hydrogen-bond donors (Lipinski definition) is 3. The largest absolute Gasteiger partial charge is 0.326 e. The maximum Gasteiger partial charge on any atom is 0.274 e. The summed E-state index contributed by atoms with van der Waals surface area (Å²) in [6.07, 6.45) is 0.574. The molecule has 0 aliphatic carbocycles. The smallest absolute Gasteiger partial charge is 0.274 e. The van der Waals surface area contributed by atoms with E-state index in [1.54, 1.807) is 63.2 Å². The van der Waals surface area contributed by atoms with E-state index >= 15 is 4.39 Å². The maximum atomic E-state index is 16.1. The number of nitrogens with two attached hydrogens (primary N) is 1. The number of carbonyl (C=O) groups excluding carboxylic acids is 1. The lowest BCUT2D eigenvalue weighted by molar-refractivity contribution is 0.101. The van der Waals surface area contributed by atoms with Crippen LogP contribution in [0.2, 0.25) is 0 Å². The summed E-state index contributed by atoms with van der Waals surface area (Å²) in [5.74, 6) is -1.70. The molecule has 4 rings (SSSR count). The molecule has 0 aliphatic heterocycles. The monoisotopic (exact) mass is 549 g/mol. The fraction of sp³-hybridized carbons (Fsp3) is 0.241. The molecule has 0 fully saturated rings. The number of nitrogens with one attached hydrogen (secondary N) is 2. The van der Waals surface area contributed by atoms with E-state index in [1.807, 2.05) is 25.1 Å². The summed E-state index contributed by atoms with van der Waals surface area (Å²) < 4.78 is 46.9. The second-order valence-electron chi connectivity index (χ2n) is 10.1. The van der Waals surface area contributed by atoms with Crippen molar-refractivity contribution in [3.8, 4) is 16.8 Å². The van der Waals surface area contributed by atoms with Crippen LogP contribution in [-0.4, -0.2) is 29.6 Å². The van der Waals surface area contributed by atoms with Crippen molar-refractivity contribution in [3.05, 3.63) is 95.6 Å². The number of aromatic nitrogens is 2. The minimum absolute atomic E-state index is 0.171. The molecule has 8 nitrogen and oxygen atoms in total. The number of aryl methyl sites for hydroxylation is 1. The van der Waals surface area contributed by atoms with Gasteiger partial charge >= 0.3 is 0 Å². The number of anilines is 1. The van der Waals surface area contributed by atoms with E-state index in [1.165, 1.54) is 16.8 Å². The normalized spacial score (nSPS) is 11.9. The number of benzene rings is 3. The van der Waals surface area contributed by atoms with Gasteiger partial charge < -0.3 is 11.1 Å². The fourth-order valence-corrected chi connectivity index (χ4v) is 5.91. The highest BCUT2D eigenvalue weighted by Crippen LogP contribution is 2.34. The molecule has 0 saturated carbocycles. The van der Waals surface area contributed by atoms with Crippen LogP contribution in [0.1, 0.15) is 49.4 Å². The van der Waals surface area contributed by atoms with Crippen molar-refractivity contribution in [2.24, 2.45) is 5.73 Å². The molecule has 1 aromatic heterocycles. The molecule has 10 heteroatoms. The van der Waals surface area contributed by atoms with E-state index in [9.17, 15) is 13.2 Å². The molecule has 1 amide bonds. The second kappa shape index (κ2) is 11.1. The summed E-state index contributed by atoms with van der Waals surface area (Å²) in [5.41, 5.74) is 7.67. The van der Waals surface area contributed by atoms with Crippen molar-refractivity contribution in [1.29, 1.82) is 0 Å². The first kappa shape index (κ1) is 28.2. The van der Waals surface area contributed by atoms with Crippen LogP contribution in [0, 0.1) is 5.82 Å². The third-order valence-corrected chi connectivity index (χ3v) is 7.70. The third kappa shape index (κ3) is 6.25. The molecule has 1 heterocycles. The maximum absolute atomic E-state index is 16.1. The van der Waals surface area contributed by atoms with Gasteiger partial charge in [0, 0.05) is 17.6 Å². The van der Waals surface area contributed by atoms with E-state index < -0.39 is 32.2 Å². The van der Waals surface area contributed by atoms with Crippen LogP contribution in [0.4, 0.5) is 10.1 Å². The minimum Gasteiger partial charge on any atom is -0.326 e. The Morgan fingerprint density at radius 3 is 2.38 bits per heavy atom. The highest BCUT2D eigenvalue weighted by atomic mass is 32.2. The topological polar surface area (TPSA) is 119 Å². The molecule has 0 radical (unpaired) electrons. The van der Waals surface area contributed by atoms with E-state index in [0.717, 1.165) is 5.56 Å². The van der Waals surface area contributed by atoms with Crippen LogP contribution < -0.4 is 15.8 Å². The van der Waals surface area contributed by atoms with Gasteiger partial charge in [-0.3, -0.25) is 4.79 Å². The zero-order chi connectivity index (χ0) is 28.4. The quantitative estimate of drug-likeness (QED) is 0.285. The number of halogens is 1. The Hall–Kier alpha value is -3.86. The highest BCUT2D eigenvalue weighted by Gasteiger charge is 2.31. The van der Waals surface area contributed by atoms with Gasteiger partial charge in [0.15, 0.2) is 5.82 Å². The fourth-order valence-electron chi connectivity index (χ4n) is 4.18. The van der Waals surface area contributed by atoms with Crippen molar-refractivity contribution >= 4 is 21.6 Å². The summed E-state index contributed by atoms with van der Waals surface area (Å²) in [6, 6.07) is 20.4. The lowest BCUT2D eigenvalue weighted by Gasteiger charge is -2.23. The van der Waals surface area contributed by atoms with Crippen LogP contribution in [0.15, 0.2) is 77.7 Å². The van der Waals surface area contributed by atoms with Crippen molar-refractivity contribution in [1.82, 2.24) is 14.5 Å². The third-order valence-electron chi connectivity index (χ3n) is 5.89. The summed E-state index contributed by atoms with van der Waals surface area (Å²) in [4.78, 5) is 12.9. The van der Waals surface area contributed by atoms with Crippen molar-refractivity contribution in [2.75, 3.05) is 5.32 Å². The zero-order valence-electron chi connectivity index (χ0n) is 22.3. The molecule has 4 aromatic rings. The average molecular weight is 550 g/mol. The SMILES string of the molecule is CCc1cc(C(=O)Nc2ccc(-c3ccccc3)c(S(=O)(=O)NC(C)(C)C)c2F)n(-c2cccc(CN)c2)n1. The Bertz CT molecular complexity index is 1610. The number of rotatable bonds is 8. The first-order valence-electron chi connectivity index (χ1n) is 12.5. The first-order chi connectivity index (χ1) is 18.4. The van der Waals surface area contributed by atoms with Gasteiger partial charge in [0.2, 0.25) is 10.0 Å². The van der Waals surface area contributed by atoms with Crippen LogP contribution in [-0.2, 0) is 23.0 Å². The molecular weight excluding hydrogens is 517 g/mol. The Labute approximate surface area is 228 Å². The molecule has 0 unspecified atom stereocenters. The minimum atomic E-state index is -4.31. The molecule has 4 N–H and O–H groups in total. The molecular formula is C29H32FN5O3S. The first-order valence-corrected chi connectivity index (χ1v) is 14.0. The molecule has 3 aromatic carbocycles. The van der Waals surface area contributed by atoms with Crippen LogP contribution in [0.25, 0.3) is 16.8 Å². The zero-order valence-corrected chi connectivity index (χ0v) is 23.1. The van der Waals surface area contributed by atoms with E-state index in [0.29, 0.717) is 29.9 Å². The van der Waals surface area contributed by atoms with Gasteiger partial charge in [0.25, 0.3) is 5.91 Å². The molecule has 0 bridgehead atoms. The van der Waals surface area contributed by atoms with E-state index in [2.05, 4.69) is 15.1 Å². The number of hydrogen-bond acceptors (Lipinski definition) is 5. The van der Waals surface area contributed by atoms with Gasteiger partial charge in [-0.25, -0.2) is 22.2 Å². The molecule has 204 valence electrons. The summed E-state index contributed by atoms with van der Waals surface area (Å²) in [7, 11) is -4.31. The number of carbonyl (C=O) groups is 1. The van der Waals surface area contributed by atoms with Gasteiger partial charge in [-0.2, -0.15) is 5.10 Å². The predicted molar refractivity (Wildman–Crippen MR) is 151 cm³/mol. The van der Waals surface area contributed by atoms with Crippen LogP contribution >= 0.6 is 0 Å². The number of nitrogens with zero attached hydrogens (tertiary/aromatic N) is 2. The highest BCUT2D eigenvalue weighted by molar-refractivity contribution is 7.89. The number of sulfonamides is 1. The summed E-state index contributed by atoms with van der Waals surface area (Å²) in [5, 5.41) is 7.09. The summed E-state index contributed by atoms with van der Waals surface area (Å²) >= 11 is 0. The Kier molecular flexibility index (Phi) is 8.01. The molecule has 0 spiro atoms. The molecule has 0 saturated heterocycles. The van der Waals surface area contributed by atoms with Crippen molar-refractivity contribution in [2.45, 2.75) is 51.1 Å². The Morgan fingerprint density at radius 1 is 1.03 bits per heavy atom. The van der Waals surface area contributed by atoms with Gasteiger partial charge in [-0.1, -0.05) is 55.5 Å². The lowest BCUT2D eigenvalue weighted by atomic mass is 10.0. The van der Waals surface area contributed by atoms with E-state index in [4.69, 9.17) is 5.73 Å². The molecule has 0 aliphatic rings. The van der Waals surface area contributed by atoms with Gasteiger partial charge in [0.1, 0.15) is 10.6 Å².